The minimum Gasteiger partial charge on any atom is -0.333 e. The van der Waals surface area contributed by atoms with Crippen molar-refractivity contribution in [3.8, 4) is 0 Å². The predicted molar refractivity (Wildman–Crippen MR) is 62.3 cm³/mol. The van der Waals surface area contributed by atoms with Crippen molar-refractivity contribution in [3.63, 3.8) is 0 Å². The van der Waals surface area contributed by atoms with Crippen LogP contribution in [-0.2, 0) is 0 Å². The van der Waals surface area contributed by atoms with Crippen LogP contribution in [0, 0.1) is 6.92 Å². The molecule has 1 aliphatic rings. The molecule has 1 aliphatic heterocycles. The first-order valence-corrected chi connectivity index (χ1v) is 5.63. The fourth-order valence-corrected chi connectivity index (χ4v) is 2.01. The summed E-state index contributed by atoms with van der Waals surface area (Å²) in [4.78, 5) is 18.4. The number of aromatic nitrogens is 1. The Hall–Kier alpha value is -1.42. The van der Waals surface area contributed by atoms with Gasteiger partial charge >= 0.3 is 0 Å². The normalized spacial score (nSPS) is 20.9. The number of rotatable bonds is 1. The van der Waals surface area contributed by atoms with Gasteiger partial charge in [0.05, 0.1) is 5.56 Å². The first-order chi connectivity index (χ1) is 7.70. The Bertz CT molecular complexity index is 392. The fourth-order valence-electron chi connectivity index (χ4n) is 2.01. The van der Waals surface area contributed by atoms with E-state index in [4.69, 9.17) is 0 Å². The lowest BCUT2D eigenvalue weighted by Crippen LogP contribution is -2.52. The van der Waals surface area contributed by atoms with Gasteiger partial charge in [0.25, 0.3) is 5.91 Å². The number of amides is 1. The van der Waals surface area contributed by atoms with Gasteiger partial charge in [-0.05, 0) is 26.0 Å². The molecule has 0 radical (unpaired) electrons. The van der Waals surface area contributed by atoms with Gasteiger partial charge in [0.2, 0.25) is 0 Å². The smallest absolute Gasteiger partial charge is 0.256 e. The van der Waals surface area contributed by atoms with Crippen LogP contribution in [0.3, 0.4) is 0 Å². The van der Waals surface area contributed by atoms with Crippen LogP contribution in [-0.4, -0.2) is 41.5 Å². The number of nitrogens with zero attached hydrogens (tertiary/aromatic N) is 2. The molecule has 1 aromatic rings. The van der Waals surface area contributed by atoms with Crippen LogP contribution < -0.4 is 5.32 Å². The van der Waals surface area contributed by atoms with Crippen LogP contribution in [0.25, 0.3) is 0 Å². The molecule has 16 heavy (non-hydrogen) atoms. The maximum atomic E-state index is 12.3. The highest BCUT2D eigenvalue weighted by Gasteiger charge is 2.24. The molecule has 0 saturated carbocycles. The first-order valence-electron chi connectivity index (χ1n) is 5.63. The zero-order valence-corrected chi connectivity index (χ0v) is 9.73. The highest BCUT2D eigenvalue weighted by molar-refractivity contribution is 5.95. The molecule has 0 unspecified atom stereocenters. The van der Waals surface area contributed by atoms with E-state index >= 15 is 0 Å². The van der Waals surface area contributed by atoms with Crippen LogP contribution in [0.4, 0.5) is 0 Å². The third kappa shape index (κ3) is 2.07. The summed E-state index contributed by atoms with van der Waals surface area (Å²) in [5.41, 5.74) is 1.52. The Morgan fingerprint density at radius 1 is 1.62 bits per heavy atom. The maximum Gasteiger partial charge on any atom is 0.256 e. The highest BCUT2D eigenvalue weighted by atomic mass is 16.2. The van der Waals surface area contributed by atoms with Crippen molar-refractivity contribution in [2.45, 2.75) is 19.9 Å². The van der Waals surface area contributed by atoms with Gasteiger partial charge in [-0.1, -0.05) is 0 Å². The van der Waals surface area contributed by atoms with E-state index < -0.39 is 0 Å². The van der Waals surface area contributed by atoms with Gasteiger partial charge in [0.15, 0.2) is 0 Å². The van der Waals surface area contributed by atoms with Crippen molar-refractivity contribution >= 4 is 5.91 Å². The monoisotopic (exact) mass is 219 g/mol. The standard InChI is InChI=1S/C12H17N3O/c1-9-8-13-6-7-15(9)12(16)11-4-3-5-14-10(11)2/h3-5,9,13H,6-8H2,1-2H3/t9-/m1/s1. The number of pyridine rings is 1. The molecule has 4 heteroatoms. The number of carbonyl (C=O) groups excluding carboxylic acids is 1. The second-order valence-electron chi connectivity index (χ2n) is 4.19. The topological polar surface area (TPSA) is 45.2 Å². The largest absolute Gasteiger partial charge is 0.333 e. The molecule has 1 atom stereocenters. The summed E-state index contributed by atoms with van der Waals surface area (Å²) in [7, 11) is 0. The van der Waals surface area contributed by atoms with E-state index in [1.54, 1.807) is 6.20 Å². The molecule has 2 rings (SSSR count). The third-order valence-corrected chi connectivity index (χ3v) is 3.00. The number of nitrogens with one attached hydrogen (secondary N) is 1. The first kappa shape index (κ1) is 11.1. The quantitative estimate of drug-likeness (QED) is 0.760. The number of aryl methyl sites for hydroxylation is 1. The molecular weight excluding hydrogens is 202 g/mol. The van der Waals surface area contributed by atoms with Crippen LogP contribution in [0.2, 0.25) is 0 Å². The summed E-state index contributed by atoms with van der Waals surface area (Å²) in [6, 6.07) is 3.91. The molecule has 1 amide bonds. The molecule has 4 nitrogen and oxygen atoms in total. The second-order valence-corrected chi connectivity index (χ2v) is 4.19. The van der Waals surface area contributed by atoms with E-state index in [0.29, 0.717) is 0 Å². The van der Waals surface area contributed by atoms with E-state index in [0.717, 1.165) is 30.9 Å². The van der Waals surface area contributed by atoms with E-state index in [1.807, 2.05) is 24.0 Å². The van der Waals surface area contributed by atoms with Gasteiger partial charge in [-0.25, -0.2) is 0 Å². The van der Waals surface area contributed by atoms with Crippen molar-refractivity contribution in [2.75, 3.05) is 19.6 Å². The molecule has 1 fully saturated rings. The summed E-state index contributed by atoms with van der Waals surface area (Å²) in [6.45, 7) is 6.45. The molecule has 1 saturated heterocycles. The van der Waals surface area contributed by atoms with Gasteiger partial charge in [-0.15, -0.1) is 0 Å². The zero-order chi connectivity index (χ0) is 11.5. The molecule has 1 aromatic heterocycles. The lowest BCUT2D eigenvalue weighted by molar-refractivity contribution is 0.0654. The van der Waals surface area contributed by atoms with Crippen LogP contribution >= 0.6 is 0 Å². The SMILES string of the molecule is Cc1ncccc1C(=O)N1CCNC[C@H]1C. The van der Waals surface area contributed by atoms with Gasteiger partial charge in [0, 0.05) is 37.6 Å². The molecule has 0 aromatic carbocycles. The second kappa shape index (κ2) is 4.61. The average Bonchev–Trinajstić information content (AvgIpc) is 2.29. The van der Waals surface area contributed by atoms with Crippen molar-refractivity contribution in [2.24, 2.45) is 0 Å². The van der Waals surface area contributed by atoms with Gasteiger partial charge in [-0.2, -0.15) is 0 Å². The number of piperazine rings is 1. The van der Waals surface area contributed by atoms with Crippen LogP contribution in [0.15, 0.2) is 18.3 Å². The summed E-state index contributed by atoms with van der Waals surface area (Å²) in [5, 5.41) is 3.28. The number of carbonyl (C=O) groups is 1. The van der Waals surface area contributed by atoms with Crippen molar-refractivity contribution in [1.82, 2.24) is 15.2 Å². The molecule has 1 N–H and O–H groups in total. The molecule has 0 bridgehead atoms. The Morgan fingerprint density at radius 3 is 3.12 bits per heavy atom. The summed E-state index contributed by atoms with van der Waals surface area (Å²) in [5.74, 6) is 0.0969. The van der Waals surface area contributed by atoms with E-state index in [2.05, 4.69) is 17.2 Å². The van der Waals surface area contributed by atoms with Gasteiger partial charge in [0.1, 0.15) is 0 Å². The summed E-state index contributed by atoms with van der Waals surface area (Å²) >= 11 is 0. The lowest BCUT2D eigenvalue weighted by atomic mass is 10.1. The zero-order valence-electron chi connectivity index (χ0n) is 9.73. The Balaban J connectivity index is 2.21. The Morgan fingerprint density at radius 2 is 2.44 bits per heavy atom. The molecule has 86 valence electrons. The summed E-state index contributed by atoms with van der Waals surface area (Å²) < 4.78 is 0. The Kier molecular flexibility index (Phi) is 3.19. The third-order valence-electron chi connectivity index (χ3n) is 3.00. The predicted octanol–water partition coefficient (Wildman–Crippen LogP) is 0.824. The van der Waals surface area contributed by atoms with Gasteiger partial charge in [-0.3, -0.25) is 9.78 Å². The molecule has 0 spiro atoms. The average molecular weight is 219 g/mol. The Labute approximate surface area is 95.7 Å². The van der Waals surface area contributed by atoms with Crippen LogP contribution in [0.5, 0.6) is 0 Å². The van der Waals surface area contributed by atoms with Crippen molar-refractivity contribution in [3.05, 3.63) is 29.6 Å². The van der Waals surface area contributed by atoms with E-state index in [-0.39, 0.29) is 11.9 Å². The molecule has 2 heterocycles. The van der Waals surface area contributed by atoms with Gasteiger partial charge < -0.3 is 10.2 Å². The minimum absolute atomic E-state index is 0.0969. The van der Waals surface area contributed by atoms with E-state index in [9.17, 15) is 4.79 Å². The van der Waals surface area contributed by atoms with Crippen molar-refractivity contribution in [1.29, 1.82) is 0 Å². The van der Waals surface area contributed by atoms with Crippen LogP contribution in [0.1, 0.15) is 23.0 Å². The number of hydrogen-bond acceptors (Lipinski definition) is 3. The minimum atomic E-state index is 0.0969. The lowest BCUT2D eigenvalue weighted by Gasteiger charge is -2.34. The summed E-state index contributed by atoms with van der Waals surface area (Å²) in [6.07, 6.45) is 1.72. The van der Waals surface area contributed by atoms with E-state index in [1.165, 1.54) is 0 Å². The number of hydrogen-bond donors (Lipinski definition) is 1. The molecular formula is C12H17N3O. The highest BCUT2D eigenvalue weighted by Crippen LogP contribution is 2.12. The molecule has 0 aliphatic carbocycles. The fraction of sp³-hybridized carbons (Fsp3) is 0.500. The maximum absolute atomic E-state index is 12.3. The van der Waals surface area contributed by atoms with Crippen molar-refractivity contribution < 1.29 is 4.79 Å².